The highest BCUT2D eigenvalue weighted by Gasteiger charge is 2.28. The number of carboxylic acid groups (broad SMARTS) is 1. The number of methoxy groups -OCH3 is 1. The van der Waals surface area contributed by atoms with Crippen molar-refractivity contribution in [2.75, 3.05) is 43.9 Å². The molecule has 3 N–H and O–H groups in total. The summed E-state index contributed by atoms with van der Waals surface area (Å²) >= 11 is 0. The molecule has 1 fully saturated rings. The monoisotopic (exact) mass is 351 g/mol. The maximum absolute atomic E-state index is 12.1. The SMILES string of the molecule is COc1cc(C(=O)O)cc(N)c1N1CCN(C(=O)OC(C)(C)C)CC1. The van der Waals surface area contributed by atoms with Crippen molar-refractivity contribution < 1.29 is 24.2 Å². The van der Waals surface area contributed by atoms with Crippen molar-refractivity contribution in [2.45, 2.75) is 26.4 Å². The topological polar surface area (TPSA) is 105 Å². The van der Waals surface area contributed by atoms with E-state index >= 15 is 0 Å². The van der Waals surface area contributed by atoms with Gasteiger partial charge in [-0.15, -0.1) is 0 Å². The molecule has 1 aromatic carbocycles. The van der Waals surface area contributed by atoms with E-state index in [0.29, 0.717) is 43.3 Å². The lowest BCUT2D eigenvalue weighted by Crippen LogP contribution is -2.50. The Morgan fingerprint density at radius 1 is 1.16 bits per heavy atom. The highest BCUT2D eigenvalue weighted by atomic mass is 16.6. The van der Waals surface area contributed by atoms with Crippen LogP contribution in [0.2, 0.25) is 0 Å². The van der Waals surface area contributed by atoms with Crippen molar-refractivity contribution in [2.24, 2.45) is 0 Å². The van der Waals surface area contributed by atoms with Crippen LogP contribution in [0.4, 0.5) is 16.2 Å². The molecule has 0 unspecified atom stereocenters. The average Bonchev–Trinajstić information content (AvgIpc) is 2.52. The molecule has 0 bridgehead atoms. The third-order valence-electron chi connectivity index (χ3n) is 3.82. The van der Waals surface area contributed by atoms with Crippen LogP contribution in [-0.4, -0.2) is 61.0 Å². The number of carbonyl (C=O) groups is 2. The molecule has 0 aliphatic carbocycles. The van der Waals surface area contributed by atoms with E-state index in [9.17, 15) is 9.59 Å². The summed E-state index contributed by atoms with van der Waals surface area (Å²) in [6.07, 6.45) is -0.340. The fourth-order valence-corrected chi connectivity index (χ4v) is 2.69. The molecule has 1 saturated heterocycles. The average molecular weight is 351 g/mol. The van der Waals surface area contributed by atoms with Crippen molar-refractivity contribution in [1.82, 2.24) is 4.90 Å². The molecule has 1 amide bonds. The minimum atomic E-state index is -1.06. The number of piperazine rings is 1. The summed E-state index contributed by atoms with van der Waals surface area (Å²) in [5.41, 5.74) is 6.58. The van der Waals surface area contributed by atoms with E-state index in [0.717, 1.165) is 0 Å². The molecular formula is C17H25N3O5. The summed E-state index contributed by atoms with van der Waals surface area (Å²) in [6, 6.07) is 2.87. The minimum Gasteiger partial charge on any atom is -0.494 e. The van der Waals surface area contributed by atoms with Crippen LogP contribution in [0.25, 0.3) is 0 Å². The van der Waals surface area contributed by atoms with Gasteiger partial charge in [-0.25, -0.2) is 9.59 Å². The van der Waals surface area contributed by atoms with E-state index in [2.05, 4.69) is 0 Å². The van der Waals surface area contributed by atoms with Crippen LogP contribution in [0.15, 0.2) is 12.1 Å². The largest absolute Gasteiger partial charge is 0.494 e. The molecular weight excluding hydrogens is 326 g/mol. The molecule has 1 heterocycles. The second-order valence-electron chi connectivity index (χ2n) is 6.88. The maximum atomic E-state index is 12.1. The van der Waals surface area contributed by atoms with Gasteiger partial charge in [-0.05, 0) is 32.9 Å². The van der Waals surface area contributed by atoms with Gasteiger partial charge < -0.3 is 30.1 Å². The van der Waals surface area contributed by atoms with E-state index in [4.69, 9.17) is 20.3 Å². The minimum absolute atomic E-state index is 0.0745. The summed E-state index contributed by atoms with van der Waals surface area (Å²) in [7, 11) is 1.47. The van der Waals surface area contributed by atoms with Crippen molar-refractivity contribution in [3.05, 3.63) is 17.7 Å². The fourth-order valence-electron chi connectivity index (χ4n) is 2.69. The zero-order valence-corrected chi connectivity index (χ0v) is 15.0. The van der Waals surface area contributed by atoms with Crippen LogP contribution >= 0.6 is 0 Å². The predicted octanol–water partition coefficient (Wildman–Crippen LogP) is 2.03. The van der Waals surface area contributed by atoms with Gasteiger partial charge >= 0.3 is 12.1 Å². The Balaban J connectivity index is 2.13. The van der Waals surface area contributed by atoms with Crippen LogP contribution < -0.4 is 15.4 Å². The summed E-state index contributed by atoms with van der Waals surface area (Å²) in [5, 5.41) is 9.14. The Kier molecular flexibility index (Phi) is 5.30. The fraction of sp³-hybridized carbons (Fsp3) is 0.529. The Morgan fingerprint density at radius 2 is 1.76 bits per heavy atom. The Bertz CT molecular complexity index is 661. The van der Waals surface area contributed by atoms with Crippen LogP contribution in [0.5, 0.6) is 5.75 Å². The number of carboxylic acids is 1. The first-order valence-corrected chi connectivity index (χ1v) is 8.06. The number of nitrogens with two attached hydrogens (primary N) is 1. The molecule has 8 heteroatoms. The smallest absolute Gasteiger partial charge is 0.410 e. The standard InChI is InChI=1S/C17H25N3O5/c1-17(2,3)25-16(23)20-7-5-19(6-8-20)14-12(18)9-11(15(21)22)10-13(14)24-4/h9-10H,5-8,18H2,1-4H3,(H,21,22). The number of amides is 1. The van der Waals surface area contributed by atoms with E-state index in [1.807, 2.05) is 25.7 Å². The van der Waals surface area contributed by atoms with Crippen molar-refractivity contribution in [3.8, 4) is 5.75 Å². The summed E-state index contributed by atoms with van der Waals surface area (Å²) in [6.45, 7) is 7.55. The number of hydrogen-bond donors (Lipinski definition) is 2. The Hall–Kier alpha value is -2.64. The summed E-state index contributed by atoms with van der Waals surface area (Å²) in [5.74, 6) is -0.658. The molecule has 2 rings (SSSR count). The van der Waals surface area contributed by atoms with Gasteiger partial charge in [0.2, 0.25) is 0 Å². The van der Waals surface area contributed by atoms with Gasteiger partial charge in [-0.3, -0.25) is 0 Å². The van der Waals surface area contributed by atoms with Gasteiger partial charge in [0.05, 0.1) is 18.4 Å². The first-order valence-electron chi connectivity index (χ1n) is 8.06. The van der Waals surface area contributed by atoms with Gasteiger partial charge in [-0.2, -0.15) is 0 Å². The van der Waals surface area contributed by atoms with Gasteiger partial charge in [0.25, 0.3) is 0 Å². The number of carbonyl (C=O) groups excluding carboxylic acids is 1. The molecule has 1 aliphatic rings. The number of rotatable bonds is 3. The predicted molar refractivity (Wildman–Crippen MR) is 94.4 cm³/mol. The van der Waals surface area contributed by atoms with Crippen molar-refractivity contribution >= 4 is 23.4 Å². The van der Waals surface area contributed by atoms with Gasteiger partial charge in [-0.1, -0.05) is 0 Å². The first-order chi connectivity index (χ1) is 11.6. The van der Waals surface area contributed by atoms with Crippen LogP contribution in [-0.2, 0) is 4.74 Å². The second-order valence-corrected chi connectivity index (χ2v) is 6.88. The molecule has 1 aromatic rings. The van der Waals surface area contributed by atoms with Crippen molar-refractivity contribution in [3.63, 3.8) is 0 Å². The van der Waals surface area contributed by atoms with Gasteiger partial charge in [0.1, 0.15) is 17.0 Å². The highest BCUT2D eigenvalue weighted by molar-refractivity contribution is 5.92. The lowest BCUT2D eigenvalue weighted by molar-refractivity contribution is 0.0240. The Morgan fingerprint density at radius 3 is 2.24 bits per heavy atom. The zero-order valence-electron chi connectivity index (χ0n) is 15.0. The molecule has 1 aliphatic heterocycles. The van der Waals surface area contributed by atoms with Gasteiger partial charge in [0.15, 0.2) is 0 Å². The molecule has 0 atom stereocenters. The molecule has 0 saturated carbocycles. The first kappa shape index (κ1) is 18.7. The summed E-state index contributed by atoms with van der Waals surface area (Å²) < 4.78 is 10.7. The number of nitrogen functional groups attached to an aromatic ring is 1. The molecule has 138 valence electrons. The van der Waals surface area contributed by atoms with Crippen LogP contribution in [0.1, 0.15) is 31.1 Å². The molecule has 0 spiro atoms. The van der Waals surface area contributed by atoms with E-state index < -0.39 is 11.6 Å². The molecule has 8 nitrogen and oxygen atoms in total. The number of ether oxygens (including phenoxy) is 2. The van der Waals surface area contributed by atoms with E-state index in [1.165, 1.54) is 19.2 Å². The van der Waals surface area contributed by atoms with Gasteiger partial charge in [0, 0.05) is 26.2 Å². The molecule has 0 radical (unpaired) electrons. The van der Waals surface area contributed by atoms with Crippen molar-refractivity contribution in [1.29, 1.82) is 0 Å². The third kappa shape index (κ3) is 4.46. The number of anilines is 2. The number of nitrogens with zero attached hydrogens (tertiary/aromatic N) is 2. The zero-order chi connectivity index (χ0) is 18.8. The van der Waals surface area contributed by atoms with E-state index in [-0.39, 0.29) is 11.7 Å². The van der Waals surface area contributed by atoms with E-state index in [1.54, 1.807) is 4.90 Å². The number of benzene rings is 1. The third-order valence-corrected chi connectivity index (χ3v) is 3.82. The van der Waals surface area contributed by atoms with Crippen LogP contribution in [0.3, 0.4) is 0 Å². The second kappa shape index (κ2) is 7.08. The normalized spacial score (nSPS) is 15.0. The number of aromatic carboxylic acids is 1. The number of hydrogen-bond acceptors (Lipinski definition) is 6. The maximum Gasteiger partial charge on any atom is 0.410 e. The lowest BCUT2D eigenvalue weighted by Gasteiger charge is -2.37. The quantitative estimate of drug-likeness (QED) is 0.803. The Labute approximate surface area is 147 Å². The highest BCUT2D eigenvalue weighted by Crippen LogP contribution is 2.36. The van der Waals surface area contributed by atoms with Crippen LogP contribution in [0, 0.1) is 0 Å². The molecule has 25 heavy (non-hydrogen) atoms. The molecule has 0 aromatic heterocycles. The lowest BCUT2D eigenvalue weighted by atomic mass is 10.1. The summed E-state index contributed by atoms with van der Waals surface area (Å²) in [4.78, 5) is 26.9.